The number of aryl methyl sites for hydroxylation is 2. The average Bonchev–Trinajstić information content (AvgIpc) is 3.41. The van der Waals surface area contributed by atoms with Crippen LogP contribution in [0.3, 0.4) is 0 Å². The predicted octanol–water partition coefficient (Wildman–Crippen LogP) is 6.56. The average molecular weight is 536 g/mol. The third-order valence-electron chi connectivity index (χ3n) is 8.16. The van der Waals surface area contributed by atoms with Crippen LogP contribution in [0.2, 0.25) is 0 Å². The number of thioether (sulfide) groups is 1. The Balaban J connectivity index is 1.38. The van der Waals surface area contributed by atoms with E-state index in [0.717, 1.165) is 66.6 Å². The normalized spacial score (nSPS) is 15.1. The van der Waals surface area contributed by atoms with Crippen LogP contribution in [0.5, 0.6) is 0 Å². The zero-order valence-corrected chi connectivity index (χ0v) is 23.1. The highest BCUT2D eigenvalue weighted by molar-refractivity contribution is 7.99. The number of fused-ring (bicyclic) bond motifs is 4. The highest BCUT2D eigenvalue weighted by atomic mass is 32.2. The molecule has 198 valence electrons. The van der Waals surface area contributed by atoms with Crippen LogP contribution in [0, 0.1) is 6.92 Å². The quantitative estimate of drug-likeness (QED) is 0.215. The van der Waals surface area contributed by atoms with Crippen LogP contribution in [-0.2, 0) is 29.6 Å². The monoisotopic (exact) mass is 535 g/mol. The fourth-order valence-electron chi connectivity index (χ4n) is 6.20. The molecule has 1 heterocycles. The summed E-state index contributed by atoms with van der Waals surface area (Å²) in [6.45, 7) is 2.55. The molecule has 6 heteroatoms. The topological polar surface area (TPSA) is 64.0 Å². The number of carbonyl (C=O) groups is 1. The van der Waals surface area contributed by atoms with Gasteiger partial charge in [-0.1, -0.05) is 96.9 Å². The SMILES string of the molecule is Cc1ccc(NC(=O)CSc2nc3c(c(=O)n2CCc2ccccc2)C2(CCCC2)Cc2ccccc2-3)cc1. The van der Waals surface area contributed by atoms with Crippen molar-refractivity contribution in [3.63, 3.8) is 0 Å². The molecule has 1 amide bonds. The second-order valence-corrected chi connectivity index (χ2v) is 11.8. The van der Waals surface area contributed by atoms with Gasteiger partial charge in [0.15, 0.2) is 5.16 Å². The van der Waals surface area contributed by atoms with E-state index < -0.39 is 0 Å². The minimum atomic E-state index is -0.145. The van der Waals surface area contributed by atoms with Crippen LogP contribution in [0.4, 0.5) is 5.69 Å². The summed E-state index contributed by atoms with van der Waals surface area (Å²) in [5, 5.41) is 3.58. The Morgan fingerprint density at radius 1 is 0.974 bits per heavy atom. The maximum absolute atomic E-state index is 14.4. The van der Waals surface area contributed by atoms with Crippen molar-refractivity contribution in [3.8, 4) is 11.3 Å². The molecule has 0 bridgehead atoms. The molecule has 2 aliphatic carbocycles. The van der Waals surface area contributed by atoms with E-state index in [9.17, 15) is 9.59 Å². The lowest BCUT2D eigenvalue weighted by atomic mass is 9.68. The van der Waals surface area contributed by atoms with Gasteiger partial charge in [0.25, 0.3) is 5.56 Å². The Morgan fingerprint density at radius 2 is 1.69 bits per heavy atom. The lowest BCUT2D eigenvalue weighted by Gasteiger charge is -2.36. The van der Waals surface area contributed by atoms with E-state index in [1.807, 2.05) is 60.0 Å². The summed E-state index contributed by atoms with van der Waals surface area (Å²) in [6, 6.07) is 26.4. The van der Waals surface area contributed by atoms with E-state index in [2.05, 4.69) is 35.6 Å². The molecular formula is C33H33N3O2S. The molecule has 2 aliphatic rings. The van der Waals surface area contributed by atoms with Crippen molar-refractivity contribution in [2.45, 2.75) is 62.6 Å². The number of nitrogens with one attached hydrogen (secondary N) is 1. The third-order valence-corrected chi connectivity index (χ3v) is 9.14. The molecular weight excluding hydrogens is 502 g/mol. The van der Waals surface area contributed by atoms with Gasteiger partial charge in [0.2, 0.25) is 5.91 Å². The Kier molecular flexibility index (Phi) is 7.13. The molecule has 0 atom stereocenters. The molecule has 0 aliphatic heterocycles. The summed E-state index contributed by atoms with van der Waals surface area (Å²) in [4.78, 5) is 32.5. The van der Waals surface area contributed by atoms with E-state index >= 15 is 0 Å². The largest absolute Gasteiger partial charge is 0.325 e. The predicted molar refractivity (Wildman–Crippen MR) is 158 cm³/mol. The number of hydrogen-bond donors (Lipinski definition) is 1. The molecule has 3 aromatic carbocycles. The first-order valence-electron chi connectivity index (χ1n) is 13.8. The summed E-state index contributed by atoms with van der Waals surface area (Å²) >= 11 is 1.35. The molecule has 0 saturated heterocycles. The smallest absolute Gasteiger partial charge is 0.258 e. The summed E-state index contributed by atoms with van der Waals surface area (Å²) in [6.07, 6.45) is 5.96. The summed E-state index contributed by atoms with van der Waals surface area (Å²) in [5.74, 6) is 0.0649. The van der Waals surface area contributed by atoms with E-state index in [1.54, 1.807) is 0 Å². The molecule has 1 fully saturated rings. The van der Waals surface area contributed by atoms with Crippen molar-refractivity contribution in [1.29, 1.82) is 0 Å². The van der Waals surface area contributed by atoms with Gasteiger partial charge in [-0.05, 0) is 55.9 Å². The van der Waals surface area contributed by atoms with Gasteiger partial charge in [-0.3, -0.25) is 14.2 Å². The van der Waals surface area contributed by atoms with Crippen molar-refractivity contribution >= 4 is 23.4 Å². The first-order chi connectivity index (χ1) is 19.0. The molecule has 1 aromatic heterocycles. The Hall–Kier alpha value is -3.64. The van der Waals surface area contributed by atoms with Crippen molar-refractivity contribution in [2.75, 3.05) is 11.1 Å². The van der Waals surface area contributed by atoms with Gasteiger partial charge < -0.3 is 5.32 Å². The van der Waals surface area contributed by atoms with Gasteiger partial charge >= 0.3 is 0 Å². The molecule has 5 nitrogen and oxygen atoms in total. The third kappa shape index (κ3) is 5.18. The van der Waals surface area contributed by atoms with E-state index in [0.29, 0.717) is 11.7 Å². The number of benzene rings is 3. The van der Waals surface area contributed by atoms with E-state index in [1.165, 1.54) is 22.9 Å². The van der Waals surface area contributed by atoms with E-state index in [4.69, 9.17) is 4.98 Å². The number of amides is 1. The molecule has 1 saturated carbocycles. The minimum Gasteiger partial charge on any atom is -0.325 e. The maximum Gasteiger partial charge on any atom is 0.258 e. The van der Waals surface area contributed by atoms with Crippen LogP contribution in [-0.4, -0.2) is 21.2 Å². The van der Waals surface area contributed by atoms with Gasteiger partial charge in [-0.2, -0.15) is 0 Å². The second kappa shape index (κ2) is 10.9. The van der Waals surface area contributed by atoms with Crippen molar-refractivity contribution in [3.05, 3.63) is 111 Å². The minimum absolute atomic E-state index is 0.0637. The fraction of sp³-hybridized carbons (Fsp3) is 0.303. The lowest BCUT2D eigenvalue weighted by molar-refractivity contribution is -0.113. The molecule has 1 N–H and O–H groups in total. The Bertz CT molecular complexity index is 1550. The molecule has 6 rings (SSSR count). The van der Waals surface area contributed by atoms with Crippen LogP contribution in [0.15, 0.2) is 88.8 Å². The Labute approximate surface area is 233 Å². The molecule has 39 heavy (non-hydrogen) atoms. The number of rotatable bonds is 7. The van der Waals surface area contributed by atoms with Crippen molar-refractivity contribution < 1.29 is 4.79 Å². The zero-order valence-electron chi connectivity index (χ0n) is 22.3. The maximum atomic E-state index is 14.4. The summed E-state index contributed by atoms with van der Waals surface area (Å²) in [5.41, 5.74) is 7.05. The zero-order chi connectivity index (χ0) is 26.8. The fourth-order valence-corrected chi connectivity index (χ4v) is 7.02. The first kappa shape index (κ1) is 25.6. The lowest BCUT2D eigenvalue weighted by Crippen LogP contribution is -2.40. The highest BCUT2D eigenvalue weighted by Crippen LogP contribution is 2.50. The first-order valence-corrected chi connectivity index (χ1v) is 14.8. The van der Waals surface area contributed by atoms with Gasteiger partial charge in [0.05, 0.1) is 17.0 Å². The molecule has 0 unspecified atom stereocenters. The van der Waals surface area contributed by atoms with Crippen molar-refractivity contribution in [1.82, 2.24) is 9.55 Å². The number of anilines is 1. The van der Waals surface area contributed by atoms with Crippen LogP contribution < -0.4 is 10.9 Å². The summed E-state index contributed by atoms with van der Waals surface area (Å²) < 4.78 is 1.84. The van der Waals surface area contributed by atoms with Crippen LogP contribution >= 0.6 is 11.8 Å². The Morgan fingerprint density at radius 3 is 2.46 bits per heavy atom. The summed E-state index contributed by atoms with van der Waals surface area (Å²) in [7, 11) is 0. The molecule has 4 aromatic rings. The highest BCUT2D eigenvalue weighted by Gasteiger charge is 2.44. The standard InChI is InChI=1S/C33H33N3O2S/c1-23-13-15-26(16-14-23)34-28(37)22-39-32-35-30-27-12-6-5-11-25(27)21-33(18-7-8-19-33)29(30)31(38)36(32)20-17-24-9-3-2-4-10-24/h2-6,9-16H,7-8,17-22H2,1H3,(H,34,37). The van der Waals surface area contributed by atoms with E-state index in [-0.39, 0.29) is 22.6 Å². The number of hydrogen-bond acceptors (Lipinski definition) is 4. The van der Waals surface area contributed by atoms with Gasteiger partial charge in [-0.25, -0.2) is 4.98 Å². The van der Waals surface area contributed by atoms with Crippen molar-refractivity contribution in [2.24, 2.45) is 0 Å². The van der Waals surface area contributed by atoms with Gasteiger partial charge in [-0.15, -0.1) is 0 Å². The second-order valence-electron chi connectivity index (χ2n) is 10.8. The number of carbonyl (C=O) groups excluding carboxylic acids is 1. The number of nitrogens with zero attached hydrogens (tertiary/aromatic N) is 2. The molecule has 0 radical (unpaired) electrons. The van der Waals surface area contributed by atoms with Gasteiger partial charge in [0.1, 0.15) is 0 Å². The number of aromatic nitrogens is 2. The van der Waals surface area contributed by atoms with Crippen LogP contribution in [0.25, 0.3) is 11.3 Å². The van der Waals surface area contributed by atoms with Gasteiger partial charge in [0, 0.05) is 23.2 Å². The molecule has 1 spiro atoms. The van der Waals surface area contributed by atoms with Crippen LogP contribution in [0.1, 0.15) is 47.9 Å².